The van der Waals surface area contributed by atoms with Gasteiger partial charge in [0.05, 0.1) is 40.0 Å². The van der Waals surface area contributed by atoms with E-state index in [2.05, 4.69) is 10.3 Å². The number of amides is 1. The zero-order valence-electron chi connectivity index (χ0n) is 16.0. The Morgan fingerprint density at radius 1 is 1.07 bits per heavy atom. The van der Waals surface area contributed by atoms with Gasteiger partial charge in [-0.3, -0.25) is 9.79 Å². The van der Waals surface area contributed by atoms with Gasteiger partial charge >= 0.3 is 0 Å². The summed E-state index contributed by atoms with van der Waals surface area (Å²) in [5.41, 5.74) is 2.96. The number of aliphatic hydroxyl groups is 1. The van der Waals surface area contributed by atoms with Crippen LogP contribution in [0.1, 0.15) is 11.1 Å². The maximum Gasteiger partial charge on any atom is 0.224 e. The molecule has 0 bridgehead atoms. The van der Waals surface area contributed by atoms with Crippen molar-refractivity contribution in [2.75, 3.05) is 27.9 Å². The minimum absolute atomic E-state index is 0.0128. The van der Waals surface area contributed by atoms with Crippen LogP contribution in [-0.4, -0.2) is 45.1 Å². The fraction of sp³-hybridized carbons (Fsp3) is 0.238. The average molecular weight is 382 g/mol. The number of rotatable bonds is 7. The maximum absolute atomic E-state index is 12.3. The first-order valence-corrected chi connectivity index (χ1v) is 8.68. The van der Waals surface area contributed by atoms with Crippen molar-refractivity contribution in [3.63, 3.8) is 0 Å². The van der Waals surface area contributed by atoms with Crippen molar-refractivity contribution in [3.05, 3.63) is 53.3 Å². The predicted octanol–water partition coefficient (Wildman–Crippen LogP) is 3.06. The molecule has 0 unspecified atom stereocenters. The number of nitrogens with one attached hydrogen (secondary N) is 1. The molecule has 0 aliphatic carbocycles. The molecule has 3 rings (SSSR count). The van der Waals surface area contributed by atoms with Gasteiger partial charge in [-0.15, -0.1) is 0 Å². The lowest BCUT2D eigenvalue weighted by Crippen LogP contribution is -2.27. The maximum atomic E-state index is 12.3. The molecule has 7 nitrogen and oxygen atoms in total. The second-order valence-electron chi connectivity index (χ2n) is 6.12. The second kappa shape index (κ2) is 8.47. The van der Waals surface area contributed by atoms with Crippen molar-refractivity contribution in [2.45, 2.75) is 6.42 Å². The Hall–Kier alpha value is -3.48. The number of methoxy groups -OCH3 is 3. The largest absolute Gasteiger partial charge is 0.510 e. The highest BCUT2D eigenvalue weighted by atomic mass is 16.5. The summed E-state index contributed by atoms with van der Waals surface area (Å²) in [6, 6.07) is 11.0. The van der Waals surface area contributed by atoms with Crippen LogP contribution in [0.25, 0.3) is 5.57 Å². The molecule has 0 atom stereocenters. The first kappa shape index (κ1) is 19.3. The number of carbonyl (C=O) groups is 1. The van der Waals surface area contributed by atoms with E-state index in [1.807, 2.05) is 24.3 Å². The van der Waals surface area contributed by atoms with Gasteiger partial charge in [0.25, 0.3) is 0 Å². The van der Waals surface area contributed by atoms with Crippen LogP contribution < -0.4 is 19.5 Å². The molecule has 0 radical (unpaired) electrons. The molecule has 0 saturated carbocycles. The lowest BCUT2D eigenvalue weighted by atomic mass is 10.1. The minimum Gasteiger partial charge on any atom is -0.510 e. The van der Waals surface area contributed by atoms with Crippen LogP contribution in [0, 0.1) is 0 Å². The number of hydrogen-bond donors (Lipinski definition) is 2. The number of benzene rings is 2. The summed E-state index contributed by atoms with van der Waals surface area (Å²) in [6.07, 6.45) is 1.70. The zero-order valence-corrected chi connectivity index (χ0v) is 16.0. The highest BCUT2D eigenvalue weighted by Gasteiger charge is 2.17. The van der Waals surface area contributed by atoms with Crippen molar-refractivity contribution in [1.29, 1.82) is 0 Å². The first-order chi connectivity index (χ1) is 13.6. The Balaban J connectivity index is 1.68. The third-order valence-corrected chi connectivity index (χ3v) is 4.38. The molecule has 2 aromatic rings. The van der Waals surface area contributed by atoms with Gasteiger partial charge in [0.1, 0.15) is 5.76 Å². The smallest absolute Gasteiger partial charge is 0.224 e. The van der Waals surface area contributed by atoms with E-state index in [9.17, 15) is 9.90 Å². The number of aliphatic hydroxyl groups excluding tert-OH is 1. The quantitative estimate of drug-likeness (QED) is 0.719. The van der Waals surface area contributed by atoms with E-state index < -0.39 is 0 Å². The molecule has 0 fully saturated rings. The average Bonchev–Trinajstić information content (AvgIpc) is 3.15. The number of hydrogen-bond acceptors (Lipinski definition) is 6. The Morgan fingerprint density at radius 3 is 2.39 bits per heavy atom. The van der Waals surface area contributed by atoms with Crippen LogP contribution in [0.2, 0.25) is 0 Å². The SMILES string of the molecule is COc1cc(CC(=O)NC/C(O)=C2\C=Nc3ccccc32)cc(OC)c1OC. The van der Waals surface area contributed by atoms with Crippen LogP contribution in [0.5, 0.6) is 17.2 Å². The van der Waals surface area contributed by atoms with E-state index >= 15 is 0 Å². The summed E-state index contributed by atoms with van der Waals surface area (Å²) < 4.78 is 15.9. The van der Waals surface area contributed by atoms with Gasteiger partial charge in [-0.2, -0.15) is 0 Å². The molecule has 1 aliphatic rings. The molecule has 146 valence electrons. The van der Waals surface area contributed by atoms with Crippen molar-refractivity contribution >= 4 is 23.4 Å². The summed E-state index contributed by atoms with van der Waals surface area (Å²) in [5.74, 6) is 1.24. The van der Waals surface area contributed by atoms with Gasteiger partial charge in [-0.1, -0.05) is 18.2 Å². The Kier molecular flexibility index (Phi) is 5.84. The van der Waals surface area contributed by atoms with Crippen LogP contribution in [-0.2, 0) is 11.2 Å². The number of ether oxygens (including phenoxy) is 3. The third-order valence-electron chi connectivity index (χ3n) is 4.38. The molecule has 1 aliphatic heterocycles. The van der Waals surface area contributed by atoms with Crippen LogP contribution in [0.4, 0.5) is 5.69 Å². The topological polar surface area (TPSA) is 89.4 Å². The number of allylic oxidation sites excluding steroid dienone is 1. The third kappa shape index (κ3) is 3.93. The van der Waals surface area contributed by atoms with Crippen molar-refractivity contribution < 1.29 is 24.1 Å². The highest BCUT2D eigenvalue weighted by Crippen LogP contribution is 2.38. The zero-order chi connectivity index (χ0) is 20.1. The minimum atomic E-state index is -0.246. The van der Waals surface area contributed by atoms with E-state index in [1.54, 1.807) is 18.3 Å². The summed E-state index contributed by atoms with van der Waals surface area (Å²) in [5, 5.41) is 13.1. The van der Waals surface area contributed by atoms with E-state index in [0.717, 1.165) is 11.3 Å². The highest BCUT2D eigenvalue weighted by molar-refractivity contribution is 6.17. The number of aliphatic imine (C=N–C) groups is 1. The number of carbonyl (C=O) groups excluding carboxylic acids is 1. The summed E-state index contributed by atoms with van der Waals surface area (Å²) >= 11 is 0. The van der Waals surface area contributed by atoms with Gasteiger partial charge in [0.2, 0.25) is 11.7 Å². The number of para-hydroxylation sites is 1. The predicted molar refractivity (Wildman–Crippen MR) is 107 cm³/mol. The summed E-state index contributed by atoms with van der Waals surface area (Å²) in [4.78, 5) is 16.6. The van der Waals surface area contributed by atoms with E-state index in [-0.39, 0.29) is 24.6 Å². The standard InChI is InChI=1S/C21H22N2O5/c1-26-18-8-13(9-19(27-2)21(18)28-3)10-20(25)23-12-17(24)15-11-22-16-7-5-4-6-14(15)16/h4-9,11,24H,10,12H2,1-3H3,(H,23,25)/b17-15-. The van der Waals surface area contributed by atoms with Crippen LogP contribution in [0.15, 0.2) is 47.1 Å². The van der Waals surface area contributed by atoms with E-state index in [1.165, 1.54) is 21.3 Å². The molecule has 28 heavy (non-hydrogen) atoms. The molecule has 0 aromatic heterocycles. The Bertz CT molecular complexity index is 925. The van der Waals surface area contributed by atoms with Crippen molar-refractivity contribution in [1.82, 2.24) is 5.32 Å². The van der Waals surface area contributed by atoms with E-state index in [4.69, 9.17) is 14.2 Å². The van der Waals surface area contributed by atoms with Gasteiger partial charge in [-0.25, -0.2) is 0 Å². The van der Waals surface area contributed by atoms with Gasteiger partial charge in [-0.05, 0) is 23.8 Å². The lowest BCUT2D eigenvalue weighted by Gasteiger charge is -2.14. The van der Waals surface area contributed by atoms with Gasteiger partial charge in [0.15, 0.2) is 11.5 Å². The molecule has 0 spiro atoms. The summed E-state index contributed by atoms with van der Waals surface area (Å²) in [7, 11) is 4.56. The molecule has 0 saturated heterocycles. The molecule has 2 aromatic carbocycles. The monoisotopic (exact) mass is 382 g/mol. The van der Waals surface area contributed by atoms with Gasteiger partial charge in [0, 0.05) is 17.4 Å². The molecular formula is C21H22N2O5. The normalized spacial score (nSPS) is 13.7. The number of fused-ring (bicyclic) bond motifs is 1. The lowest BCUT2D eigenvalue weighted by molar-refractivity contribution is -0.120. The first-order valence-electron chi connectivity index (χ1n) is 8.68. The molecular weight excluding hydrogens is 360 g/mol. The van der Waals surface area contributed by atoms with Crippen LogP contribution in [0.3, 0.4) is 0 Å². The van der Waals surface area contributed by atoms with Crippen molar-refractivity contribution in [2.24, 2.45) is 4.99 Å². The Labute approximate surface area is 163 Å². The summed E-state index contributed by atoms with van der Waals surface area (Å²) in [6.45, 7) is 0.0128. The fourth-order valence-electron chi connectivity index (χ4n) is 3.01. The van der Waals surface area contributed by atoms with Crippen molar-refractivity contribution in [3.8, 4) is 17.2 Å². The fourth-order valence-corrected chi connectivity index (χ4v) is 3.01. The van der Waals surface area contributed by atoms with Gasteiger partial charge < -0.3 is 24.6 Å². The van der Waals surface area contributed by atoms with Crippen LogP contribution >= 0.6 is 0 Å². The molecule has 7 heteroatoms. The Morgan fingerprint density at radius 2 is 1.75 bits per heavy atom. The second-order valence-corrected chi connectivity index (χ2v) is 6.12. The molecule has 2 N–H and O–H groups in total. The van der Waals surface area contributed by atoms with E-state index in [0.29, 0.717) is 28.4 Å². The molecule has 1 amide bonds. The number of nitrogens with zero attached hydrogens (tertiary/aromatic N) is 1. The molecule has 1 heterocycles.